The molecule has 0 radical (unpaired) electrons. The van der Waals surface area contributed by atoms with Crippen LogP contribution in [0.4, 0.5) is 11.4 Å². The fourth-order valence-corrected chi connectivity index (χ4v) is 3.20. The lowest BCUT2D eigenvalue weighted by atomic mass is 10.2. The topological polar surface area (TPSA) is 126 Å². The number of guanidine groups is 1. The van der Waals surface area contributed by atoms with Gasteiger partial charge in [-0.1, -0.05) is 23.7 Å². The van der Waals surface area contributed by atoms with Gasteiger partial charge >= 0.3 is 0 Å². The van der Waals surface area contributed by atoms with Gasteiger partial charge in [0, 0.05) is 44.0 Å². The Morgan fingerprint density at radius 2 is 1.83 bits per heavy atom. The highest BCUT2D eigenvalue weighted by Gasteiger charge is 2.18. The molecule has 0 amide bonds. The maximum atomic E-state index is 11.6. The smallest absolute Gasteiger partial charge is 0.293 e. The Bertz CT molecular complexity index is 994. The van der Waals surface area contributed by atoms with Crippen LogP contribution in [0.1, 0.15) is 5.56 Å². The maximum Gasteiger partial charge on any atom is 0.293 e. The summed E-state index contributed by atoms with van der Waals surface area (Å²) in [5.74, 6) is 0.573. The molecule has 0 spiro atoms. The summed E-state index contributed by atoms with van der Waals surface area (Å²) in [5.41, 5.74) is 0.989. The van der Waals surface area contributed by atoms with E-state index >= 15 is 0 Å². The number of nitro groups is 1. The molecule has 3 N–H and O–H groups in total. The van der Waals surface area contributed by atoms with Crippen molar-refractivity contribution in [3.05, 3.63) is 63.2 Å². The summed E-state index contributed by atoms with van der Waals surface area (Å²) >= 11 is 5.86. The van der Waals surface area contributed by atoms with Crippen LogP contribution in [-0.2, 0) is 16.4 Å². The van der Waals surface area contributed by atoms with Crippen LogP contribution in [0.25, 0.3) is 0 Å². The van der Waals surface area contributed by atoms with Crippen molar-refractivity contribution in [3.63, 3.8) is 0 Å². The predicted octanol–water partition coefficient (Wildman–Crippen LogP) is 2.43. The summed E-state index contributed by atoms with van der Waals surface area (Å²) in [6, 6.07) is 11.2. The molecular weight excluding hydrogens is 418 g/mol. The van der Waals surface area contributed by atoms with Gasteiger partial charge in [-0.05, 0) is 29.8 Å². The fraction of sp³-hybridized carbons (Fsp3) is 0.278. The molecule has 0 aromatic heterocycles. The Labute approximate surface area is 174 Å². The first-order valence-electron chi connectivity index (χ1n) is 8.62. The van der Waals surface area contributed by atoms with E-state index in [0.717, 1.165) is 17.9 Å². The van der Waals surface area contributed by atoms with Crippen LogP contribution in [0.15, 0.2) is 52.4 Å². The third-order valence-electron chi connectivity index (χ3n) is 3.92. The van der Waals surface area contributed by atoms with Gasteiger partial charge in [0.2, 0.25) is 0 Å². The van der Waals surface area contributed by atoms with Crippen LogP contribution in [0, 0.1) is 10.1 Å². The molecule has 0 saturated heterocycles. The predicted molar refractivity (Wildman–Crippen MR) is 114 cm³/mol. The summed E-state index contributed by atoms with van der Waals surface area (Å²) in [4.78, 5) is 14.7. The second-order valence-corrected chi connectivity index (χ2v) is 8.57. The van der Waals surface area contributed by atoms with Gasteiger partial charge in [0.15, 0.2) is 15.8 Å². The minimum absolute atomic E-state index is 0.0975. The summed E-state index contributed by atoms with van der Waals surface area (Å²) in [6.45, 7) is 1.36. The molecule has 0 aliphatic carbocycles. The number of halogens is 1. The third kappa shape index (κ3) is 6.91. The lowest BCUT2D eigenvalue weighted by Crippen LogP contribution is -2.39. The molecule has 0 saturated carbocycles. The Morgan fingerprint density at radius 3 is 2.41 bits per heavy atom. The van der Waals surface area contributed by atoms with Gasteiger partial charge in [0.25, 0.3) is 5.69 Å². The van der Waals surface area contributed by atoms with E-state index in [1.807, 2.05) is 12.1 Å². The van der Waals surface area contributed by atoms with Crippen molar-refractivity contribution in [3.8, 4) is 0 Å². The highest BCUT2D eigenvalue weighted by Crippen LogP contribution is 2.27. The second-order valence-electron chi connectivity index (χ2n) is 6.11. The van der Waals surface area contributed by atoms with Crippen molar-refractivity contribution in [2.24, 2.45) is 4.99 Å². The number of hydrogen-bond donors (Lipinski definition) is 3. The van der Waals surface area contributed by atoms with Gasteiger partial charge < -0.3 is 16.0 Å². The molecule has 2 rings (SSSR count). The molecule has 11 heteroatoms. The molecular formula is C18H22ClN5O4S. The minimum atomic E-state index is -3.52. The van der Waals surface area contributed by atoms with E-state index in [1.54, 1.807) is 19.2 Å². The van der Waals surface area contributed by atoms with E-state index < -0.39 is 14.8 Å². The summed E-state index contributed by atoms with van der Waals surface area (Å²) in [6.07, 6.45) is 1.01. The molecule has 2 aromatic rings. The molecule has 0 aliphatic rings. The summed E-state index contributed by atoms with van der Waals surface area (Å²) in [5, 5.41) is 21.1. The number of anilines is 1. The normalized spacial score (nSPS) is 11.8. The number of aliphatic imine (C=N–C) groups is 1. The summed E-state index contributed by atoms with van der Waals surface area (Å²) in [7, 11) is -1.88. The Kier molecular flexibility index (Phi) is 7.80. The highest BCUT2D eigenvalue weighted by atomic mass is 35.5. The van der Waals surface area contributed by atoms with Crippen molar-refractivity contribution in [1.82, 2.24) is 10.6 Å². The van der Waals surface area contributed by atoms with Gasteiger partial charge in [0.05, 0.1) is 9.82 Å². The first-order valence-corrected chi connectivity index (χ1v) is 10.9. The number of nitrogens with zero attached hydrogens (tertiary/aromatic N) is 2. The first-order chi connectivity index (χ1) is 13.7. The van der Waals surface area contributed by atoms with E-state index in [9.17, 15) is 18.5 Å². The standard InChI is InChI=1S/C18H22ClN5O4S/c1-20-18(23-12-13-3-5-14(19)6-4-13)22-10-9-21-16-8-7-15(29(2,27)28)11-17(16)24(25)26/h3-8,11,21H,9-10,12H2,1-2H3,(H2,20,22,23). The van der Waals surface area contributed by atoms with Gasteiger partial charge in [-0.2, -0.15) is 0 Å². The third-order valence-corrected chi connectivity index (χ3v) is 5.29. The zero-order chi connectivity index (χ0) is 21.4. The van der Waals surface area contributed by atoms with Crippen molar-refractivity contribution >= 4 is 38.8 Å². The van der Waals surface area contributed by atoms with Crippen LogP contribution in [0.3, 0.4) is 0 Å². The van der Waals surface area contributed by atoms with E-state index in [0.29, 0.717) is 30.6 Å². The fourth-order valence-electron chi connectivity index (χ4n) is 2.43. The Balaban J connectivity index is 1.88. The average molecular weight is 440 g/mol. The molecule has 0 bridgehead atoms. The second kappa shape index (κ2) is 10.1. The van der Waals surface area contributed by atoms with Gasteiger partial charge in [-0.3, -0.25) is 15.1 Å². The zero-order valence-corrected chi connectivity index (χ0v) is 17.5. The monoisotopic (exact) mass is 439 g/mol. The van der Waals surface area contributed by atoms with Crippen LogP contribution < -0.4 is 16.0 Å². The number of nitrogens with one attached hydrogen (secondary N) is 3. The number of sulfone groups is 1. The van der Waals surface area contributed by atoms with E-state index in [1.165, 1.54) is 12.1 Å². The van der Waals surface area contributed by atoms with Crippen LogP contribution in [-0.4, -0.2) is 45.7 Å². The average Bonchev–Trinajstić information content (AvgIpc) is 2.67. The first kappa shape index (κ1) is 22.4. The molecule has 156 valence electrons. The van der Waals surface area contributed by atoms with E-state index in [4.69, 9.17) is 11.6 Å². The van der Waals surface area contributed by atoms with Gasteiger partial charge in [0.1, 0.15) is 5.69 Å². The van der Waals surface area contributed by atoms with Crippen molar-refractivity contribution in [2.75, 3.05) is 31.7 Å². The summed E-state index contributed by atoms with van der Waals surface area (Å²) < 4.78 is 23.2. The van der Waals surface area contributed by atoms with E-state index in [2.05, 4.69) is 20.9 Å². The molecule has 0 atom stereocenters. The number of nitro benzene ring substituents is 1. The van der Waals surface area contributed by atoms with Crippen molar-refractivity contribution in [1.29, 1.82) is 0 Å². The molecule has 0 heterocycles. The quantitative estimate of drug-likeness (QED) is 0.189. The van der Waals surface area contributed by atoms with Crippen LogP contribution in [0.5, 0.6) is 0 Å². The van der Waals surface area contributed by atoms with E-state index in [-0.39, 0.29) is 16.3 Å². The largest absolute Gasteiger partial charge is 0.378 e. The van der Waals surface area contributed by atoms with Crippen LogP contribution in [0.2, 0.25) is 5.02 Å². The molecule has 0 aliphatic heterocycles. The number of hydrogen-bond acceptors (Lipinski definition) is 6. The Hall–Kier alpha value is -2.85. The molecule has 0 fully saturated rings. The molecule has 9 nitrogen and oxygen atoms in total. The zero-order valence-electron chi connectivity index (χ0n) is 16.0. The number of benzene rings is 2. The minimum Gasteiger partial charge on any atom is -0.378 e. The maximum absolute atomic E-state index is 11.6. The highest BCUT2D eigenvalue weighted by molar-refractivity contribution is 7.90. The lowest BCUT2D eigenvalue weighted by molar-refractivity contribution is -0.384. The van der Waals surface area contributed by atoms with Gasteiger partial charge in [-0.25, -0.2) is 8.42 Å². The molecule has 29 heavy (non-hydrogen) atoms. The van der Waals surface area contributed by atoms with Crippen molar-refractivity contribution < 1.29 is 13.3 Å². The molecule has 0 unspecified atom stereocenters. The number of rotatable bonds is 8. The SMILES string of the molecule is CN=C(NCCNc1ccc(S(C)(=O)=O)cc1[N+](=O)[O-])NCc1ccc(Cl)cc1. The van der Waals surface area contributed by atoms with Crippen molar-refractivity contribution in [2.45, 2.75) is 11.4 Å². The molecule has 2 aromatic carbocycles. The van der Waals surface area contributed by atoms with Crippen LogP contribution >= 0.6 is 11.6 Å². The van der Waals surface area contributed by atoms with Gasteiger partial charge in [-0.15, -0.1) is 0 Å². The lowest BCUT2D eigenvalue weighted by Gasteiger charge is -2.13. The Morgan fingerprint density at radius 1 is 1.14 bits per heavy atom.